The Morgan fingerprint density at radius 2 is 1.65 bits per heavy atom. The molecule has 0 bridgehead atoms. The fourth-order valence-corrected chi connectivity index (χ4v) is 4.03. The summed E-state index contributed by atoms with van der Waals surface area (Å²) in [7, 11) is 1.47. The van der Waals surface area contributed by atoms with Gasteiger partial charge in [0.1, 0.15) is 5.82 Å². The molecular weight excluding hydrogens is 461 g/mol. The largest absolute Gasteiger partial charge is 0.467 e. The van der Waals surface area contributed by atoms with Gasteiger partial charge in [0, 0.05) is 5.56 Å². The maximum Gasteiger partial charge on any atom is 0.334 e. The van der Waals surface area contributed by atoms with Crippen LogP contribution in [0, 0.1) is 5.82 Å². The topological polar surface area (TPSA) is 103 Å². The summed E-state index contributed by atoms with van der Waals surface area (Å²) in [6.07, 6.45) is 0. The number of nitrogens with one attached hydrogen (secondary N) is 1. The molecule has 0 spiro atoms. The highest BCUT2D eigenvalue weighted by molar-refractivity contribution is 6.33. The van der Waals surface area contributed by atoms with E-state index in [9.17, 15) is 14.0 Å². The average Bonchev–Trinajstić information content (AvgIpc) is 2.79. The molecule has 0 aliphatic rings. The Kier molecular flexibility index (Phi) is 6.22. The molecule has 3 aromatic heterocycles. The molecule has 3 heterocycles. The third-order valence-electron chi connectivity index (χ3n) is 5.38. The molecule has 0 aliphatic carbocycles. The van der Waals surface area contributed by atoms with E-state index < -0.39 is 17.1 Å². The van der Waals surface area contributed by atoms with Crippen LogP contribution in [0.5, 0.6) is 6.01 Å². The lowest BCUT2D eigenvalue weighted by Crippen LogP contribution is -2.32. The van der Waals surface area contributed by atoms with E-state index >= 15 is 0 Å². The SMILES string of the molecule is COc1nc(C(C)C)c(-n2c(=O)[nH]c(=O)c3cc(Cl)c(-c4ccccc4F)nc32)c(C(C)C)n1. The number of hydrogen-bond donors (Lipinski definition) is 1. The highest BCUT2D eigenvalue weighted by Crippen LogP contribution is 2.33. The quantitative estimate of drug-likeness (QED) is 0.445. The summed E-state index contributed by atoms with van der Waals surface area (Å²) in [6, 6.07) is 7.56. The van der Waals surface area contributed by atoms with Crippen LogP contribution in [0.1, 0.15) is 50.9 Å². The summed E-state index contributed by atoms with van der Waals surface area (Å²) >= 11 is 6.41. The van der Waals surface area contributed by atoms with Crippen molar-refractivity contribution < 1.29 is 9.13 Å². The van der Waals surface area contributed by atoms with Crippen molar-refractivity contribution in [3.8, 4) is 23.0 Å². The number of H-pyrrole nitrogens is 1. The fraction of sp³-hybridized carbons (Fsp3) is 0.292. The minimum absolute atomic E-state index is 0.0222. The summed E-state index contributed by atoms with van der Waals surface area (Å²) in [5.74, 6) is -0.790. The van der Waals surface area contributed by atoms with Crippen molar-refractivity contribution in [2.45, 2.75) is 39.5 Å². The Morgan fingerprint density at radius 3 is 2.21 bits per heavy atom. The van der Waals surface area contributed by atoms with E-state index in [1.54, 1.807) is 12.1 Å². The first-order chi connectivity index (χ1) is 16.1. The Hall–Kier alpha value is -3.59. The summed E-state index contributed by atoms with van der Waals surface area (Å²) in [6.45, 7) is 7.68. The summed E-state index contributed by atoms with van der Waals surface area (Å²) in [5.41, 5.74) is 0.373. The number of benzene rings is 1. The molecule has 34 heavy (non-hydrogen) atoms. The lowest BCUT2D eigenvalue weighted by molar-refractivity contribution is 0.374. The monoisotopic (exact) mass is 483 g/mol. The van der Waals surface area contributed by atoms with E-state index in [4.69, 9.17) is 16.3 Å². The Labute approximate surface area is 199 Å². The lowest BCUT2D eigenvalue weighted by atomic mass is 10.0. The number of ether oxygens (including phenoxy) is 1. The number of rotatable bonds is 5. The van der Waals surface area contributed by atoms with Crippen molar-refractivity contribution in [1.82, 2.24) is 24.5 Å². The molecule has 8 nitrogen and oxygen atoms in total. The van der Waals surface area contributed by atoms with E-state index in [0.29, 0.717) is 17.1 Å². The molecule has 0 unspecified atom stereocenters. The van der Waals surface area contributed by atoms with Gasteiger partial charge in [0.05, 0.1) is 40.3 Å². The molecule has 0 fully saturated rings. The number of halogens is 2. The molecule has 10 heteroatoms. The standard InChI is InChI=1S/C24H23ClFN5O3/c1-11(2)17-20(18(12(3)4)29-23(28-17)34-5)31-21-14(22(32)30-24(31)33)10-15(25)19(27-21)13-8-6-7-9-16(13)26/h6-12H,1-5H3,(H,30,32,33). The molecule has 4 aromatic rings. The maximum atomic E-state index is 14.6. The Bertz CT molecular complexity index is 1500. The first-order valence-corrected chi connectivity index (χ1v) is 11.1. The molecule has 1 N–H and O–H groups in total. The van der Waals surface area contributed by atoms with Crippen molar-refractivity contribution in [3.05, 3.63) is 73.4 Å². The number of methoxy groups -OCH3 is 1. The summed E-state index contributed by atoms with van der Waals surface area (Å²) in [5, 5.41) is 0.150. The van der Waals surface area contributed by atoms with Crippen LogP contribution >= 0.6 is 11.6 Å². The smallest absolute Gasteiger partial charge is 0.334 e. The number of hydrogen-bond acceptors (Lipinski definition) is 6. The van der Waals surface area contributed by atoms with Crippen molar-refractivity contribution >= 4 is 22.6 Å². The molecule has 0 saturated carbocycles. The summed E-state index contributed by atoms with van der Waals surface area (Å²) < 4.78 is 21.1. The number of aromatic amines is 1. The third kappa shape index (κ3) is 3.96. The van der Waals surface area contributed by atoms with Crippen molar-refractivity contribution in [1.29, 1.82) is 0 Å². The Morgan fingerprint density at radius 1 is 1.03 bits per heavy atom. The van der Waals surface area contributed by atoms with Gasteiger partial charge in [-0.15, -0.1) is 0 Å². The van der Waals surface area contributed by atoms with Gasteiger partial charge in [-0.3, -0.25) is 9.78 Å². The second-order valence-electron chi connectivity index (χ2n) is 8.40. The van der Waals surface area contributed by atoms with Gasteiger partial charge < -0.3 is 4.74 Å². The molecule has 176 valence electrons. The first-order valence-electron chi connectivity index (χ1n) is 10.7. The zero-order chi connectivity index (χ0) is 24.7. The van der Waals surface area contributed by atoms with E-state index in [1.807, 2.05) is 27.7 Å². The van der Waals surface area contributed by atoms with Gasteiger partial charge in [-0.2, -0.15) is 9.97 Å². The van der Waals surface area contributed by atoms with Crippen molar-refractivity contribution in [2.75, 3.05) is 7.11 Å². The van der Waals surface area contributed by atoms with E-state index in [1.165, 1.54) is 29.9 Å². The molecule has 0 radical (unpaired) electrons. The zero-order valence-electron chi connectivity index (χ0n) is 19.3. The minimum atomic E-state index is -0.718. The molecule has 4 rings (SSSR count). The third-order valence-corrected chi connectivity index (χ3v) is 5.67. The molecule has 0 atom stereocenters. The maximum absolute atomic E-state index is 14.6. The lowest BCUT2D eigenvalue weighted by Gasteiger charge is -2.21. The van der Waals surface area contributed by atoms with Gasteiger partial charge in [0.2, 0.25) is 0 Å². The van der Waals surface area contributed by atoms with Crippen LogP contribution in [0.4, 0.5) is 4.39 Å². The minimum Gasteiger partial charge on any atom is -0.467 e. The Balaban J connectivity index is 2.21. The van der Waals surface area contributed by atoms with Crippen LogP contribution in [0.2, 0.25) is 5.02 Å². The highest BCUT2D eigenvalue weighted by atomic mass is 35.5. The number of fused-ring (bicyclic) bond motifs is 1. The van der Waals surface area contributed by atoms with Crippen LogP contribution in [0.3, 0.4) is 0 Å². The second-order valence-corrected chi connectivity index (χ2v) is 8.81. The predicted molar refractivity (Wildman–Crippen MR) is 129 cm³/mol. The van der Waals surface area contributed by atoms with E-state index in [-0.39, 0.29) is 45.2 Å². The molecule has 0 amide bonds. The van der Waals surface area contributed by atoms with Gasteiger partial charge in [0.25, 0.3) is 5.56 Å². The molecule has 1 aromatic carbocycles. The number of aromatic nitrogens is 5. The van der Waals surface area contributed by atoms with Gasteiger partial charge in [-0.05, 0) is 30.0 Å². The molecule has 0 aliphatic heterocycles. The van der Waals surface area contributed by atoms with Gasteiger partial charge in [-0.1, -0.05) is 51.4 Å². The van der Waals surface area contributed by atoms with Gasteiger partial charge in [-0.25, -0.2) is 18.7 Å². The van der Waals surface area contributed by atoms with Crippen LogP contribution in [0.15, 0.2) is 39.9 Å². The zero-order valence-corrected chi connectivity index (χ0v) is 20.1. The first kappa shape index (κ1) is 23.6. The van der Waals surface area contributed by atoms with E-state index in [0.717, 1.165) is 0 Å². The van der Waals surface area contributed by atoms with Crippen LogP contribution in [-0.4, -0.2) is 31.6 Å². The fourth-order valence-electron chi connectivity index (χ4n) is 3.78. The predicted octanol–water partition coefficient (Wildman–Crippen LogP) is 4.58. The normalized spacial score (nSPS) is 11.6. The average molecular weight is 484 g/mol. The van der Waals surface area contributed by atoms with Crippen molar-refractivity contribution in [3.63, 3.8) is 0 Å². The second kappa shape index (κ2) is 8.98. The van der Waals surface area contributed by atoms with E-state index in [2.05, 4.69) is 19.9 Å². The molecular formula is C24H23ClFN5O3. The van der Waals surface area contributed by atoms with Gasteiger partial charge >= 0.3 is 11.7 Å². The van der Waals surface area contributed by atoms with Crippen LogP contribution in [-0.2, 0) is 0 Å². The van der Waals surface area contributed by atoms with Gasteiger partial charge in [0.15, 0.2) is 5.65 Å². The summed E-state index contributed by atoms with van der Waals surface area (Å²) in [4.78, 5) is 41.8. The van der Waals surface area contributed by atoms with Crippen LogP contribution in [0.25, 0.3) is 28.0 Å². The van der Waals surface area contributed by atoms with Crippen molar-refractivity contribution in [2.24, 2.45) is 0 Å². The molecule has 0 saturated heterocycles. The van der Waals surface area contributed by atoms with Crippen LogP contribution < -0.4 is 16.0 Å². The number of pyridine rings is 1. The number of nitrogens with zero attached hydrogens (tertiary/aromatic N) is 4. The highest BCUT2D eigenvalue weighted by Gasteiger charge is 2.25.